The summed E-state index contributed by atoms with van der Waals surface area (Å²) in [4.78, 5) is 69.1. The van der Waals surface area contributed by atoms with Crippen molar-refractivity contribution in [3.63, 3.8) is 0 Å². The number of alkyl halides is 3. The Kier molecular flexibility index (Phi) is 38.5. The van der Waals surface area contributed by atoms with Crippen molar-refractivity contribution in [1.82, 2.24) is 45.1 Å². The number of imidazole rings is 1. The van der Waals surface area contributed by atoms with Gasteiger partial charge in [0.15, 0.2) is 17.7 Å². The van der Waals surface area contributed by atoms with E-state index in [1.54, 1.807) is 43.9 Å². The second-order valence-corrected chi connectivity index (χ2v) is 42.6. The van der Waals surface area contributed by atoms with Crippen LogP contribution in [0.3, 0.4) is 0 Å². The zero-order valence-corrected chi connectivity index (χ0v) is 77.0. The largest absolute Gasteiger partial charge is 0.502 e. The molecule has 6 aromatic rings. The molecule has 27 nitrogen and oxygen atoms in total. The number of ether oxygens (including phenoxy) is 1. The molecule has 4 aliphatic rings. The minimum absolute atomic E-state index is 0.0302. The molecule has 7 N–H and O–H groups in total. The molecule has 2 unspecified atom stereocenters. The summed E-state index contributed by atoms with van der Waals surface area (Å²) < 4.78 is 91.0. The van der Waals surface area contributed by atoms with Gasteiger partial charge in [0.05, 0.1) is 48.7 Å². The van der Waals surface area contributed by atoms with Gasteiger partial charge in [0, 0.05) is 109 Å². The van der Waals surface area contributed by atoms with Crippen LogP contribution >= 0.6 is 7.37 Å². The highest BCUT2D eigenvalue weighted by Gasteiger charge is 2.41. The number of nitrogens with zero attached hydrogens (tertiary/aromatic N) is 11. The number of allylic oxidation sites excluding steroid dienone is 1. The van der Waals surface area contributed by atoms with Gasteiger partial charge < -0.3 is 38.9 Å². The summed E-state index contributed by atoms with van der Waals surface area (Å²) in [5.74, 6) is -0.561. The number of benzene rings is 1. The maximum absolute atomic E-state index is 13.1. The Hall–Kier alpha value is -9.32. The fourth-order valence-electron chi connectivity index (χ4n) is 8.82. The van der Waals surface area contributed by atoms with Gasteiger partial charge in [0.25, 0.3) is 17.0 Å². The van der Waals surface area contributed by atoms with Crippen molar-refractivity contribution in [2.24, 2.45) is 54.1 Å². The summed E-state index contributed by atoms with van der Waals surface area (Å²) in [6, 6.07) is 5.91. The van der Waals surface area contributed by atoms with Crippen LogP contribution in [-0.4, -0.2) is 126 Å². The highest BCUT2D eigenvalue weighted by molar-refractivity contribution is 7.58. The Morgan fingerprint density at radius 1 is 0.624 bits per heavy atom. The normalized spacial score (nSPS) is 15.5. The van der Waals surface area contributed by atoms with Gasteiger partial charge in [0.2, 0.25) is 18.6 Å². The molecular weight excluding hydrogens is 1540 g/mol. The third-order valence-corrected chi connectivity index (χ3v) is 19.4. The lowest BCUT2D eigenvalue weighted by atomic mass is 9.86. The van der Waals surface area contributed by atoms with E-state index in [2.05, 4.69) is 132 Å². The molecule has 660 valence electrons. The van der Waals surface area contributed by atoms with Crippen LogP contribution in [0.2, 0.25) is 0 Å². The third-order valence-electron chi connectivity index (χ3n) is 16.9. The lowest BCUT2D eigenvalue weighted by molar-refractivity contribution is -0.127. The van der Waals surface area contributed by atoms with Crippen molar-refractivity contribution < 1.29 is 70.2 Å². The van der Waals surface area contributed by atoms with Crippen LogP contribution in [0.4, 0.5) is 22.0 Å². The topological polar surface area (TPSA) is 370 Å². The monoisotopic (exact) mass is 1680 g/mol. The highest BCUT2D eigenvalue weighted by atomic mass is 31.2. The molecule has 33 heteroatoms. The van der Waals surface area contributed by atoms with E-state index in [0.717, 1.165) is 51.5 Å². The lowest BCUT2D eigenvalue weighted by Gasteiger charge is -2.22. The summed E-state index contributed by atoms with van der Waals surface area (Å²) in [6.45, 7) is 75.2. The van der Waals surface area contributed by atoms with E-state index in [1.165, 1.54) is 50.1 Å². The SMILES string of the molecule is C=C1CC(C(C)(C)C)=NO1.C=C1NC(=O)C(C(C)(C)C)O1.CC(C)(C)C1=NC(C(F)(F)F)=NC1.CC(C)(C)C1=NN=CC1.CC(C)(C)P(C)(=O)O.CC(C)(C)c1cc(=O)[nH]o1.CC(C)(C)c1cncn1O.CC(C)(C)c1cnnn1O.CC(C)(C)c1cocc(O)c1=O.Cc1c(F)cc(C(C)(C)C)cc1F.Cn1[nH]c(=O)cc1C(C)(C)C. The van der Waals surface area contributed by atoms with Gasteiger partial charge in [-0.1, -0.05) is 245 Å². The molecule has 117 heavy (non-hydrogen) atoms. The van der Waals surface area contributed by atoms with E-state index in [1.807, 2.05) is 159 Å². The quantitative estimate of drug-likeness (QED) is 0.0422. The zero-order valence-electron chi connectivity index (χ0n) is 76.1. The van der Waals surface area contributed by atoms with Gasteiger partial charge in [-0.25, -0.2) is 18.8 Å². The van der Waals surface area contributed by atoms with E-state index < -0.39 is 42.3 Å². The molecule has 2 atom stereocenters. The average molecular weight is 1680 g/mol. The van der Waals surface area contributed by atoms with E-state index >= 15 is 0 Å². The average Bonchev–Trinajstić information content (AvgIpc) is 1.58. The molecule has 1 amide bonds. The number of hydrogen-bond donors (Lipinski definition) is 7. The molecule has 0 spiro atoms. The van der Waals surface area contributed by atoms with Crippen LogP contribution in [0, 0.1) is 40.2 Å². The maximum Gasteiger partial charge on any atom is 0.451 e. The molecule has 0 radical (unpaired) electrons. The Labute approximate surface area is 688 Å². The summed E-state index contributed by atoms with van der Waals surface area (Å²) in [5, 5.41) is 52.9. The summed E-state index contributed by atoms with van der Waals surface area (Å²) in [5.41, 5.74) is 5.17. The van der Waals surface area contributed by atoms with Gasteiger partial charge in [-0.15, -0.1) is 5.10 Å². The van der Waals surface area contributed by atoms with E-state index in [-0.39, 0.29) is 94.5 Å². The number of halogens is 5. The predicted molar refractivity (Wildman–Crippen MR) is 456 cm³/mol. The summed E-state index contributed by atoms with van der Waals surface area (Å²) >= 11 is 0. The summed E-state index contributed by atoms with van der Waals surface area (Å²) in [6.07, 6.45) is 5.80. The molecule has 0 aliphatic carbocycles. The number of carbonyl (C=O) groups excluding carboxylic acids is 1. The van der Waals surface area contributed by atoms with Crippen LogP contribution in [0.15, 0.2) is 129 Å². The van der Waals surface area contributed by atoms with Crippen molar-refractivity contribution in [3.8, 4) is 5.75 Å². The fraction of sp³-hybridized carbons (Fsp3) is 0.619. The number of oxime groups is 1. The Morgan fingerprint density at radius 3 is 1.34 bits per heavy atom. The number of aromatic hydroxyl groups is 1. The second kappa shape index (κ2) is 41.9. The Bertz CT molecular complexity index is 4540. The standard InChI is InChI=1S/C11H14F2.C9H12O3.C8H11F3N2.C8H14N2O.C8H13NO2.C8H13NO.C7H12N2O.C7H12N2.C7H11NO2.C6H11N3O.C5H13O2P/c1-7-9(12)5-8(6-10(7)13)11(2,3)4;1-9(2,3)6-4-12-5-7(10)8(6)11;1-7(2,3)5-4-12-6(13-5)8(9,10)11;1-8(2,3)6-5-7(11)9-10(6)4;1-5-9-7(10)6(11-5)8(2,3)4;1-6-5-7(9-10-6)8(2,3)4;1-7(2,3)6-4-8-5-9(6)10;1-7(2,3)6-4-5-8-9-6;1-7(2,3)5-4-6(9)8-10-5;1-6(2,3)5-4-7-8-9(5)10;1-5(2,3)8(4,6)7/h5-6H,1-4H3;4-5,10H,1-3H3;4H2,1-3H3;5H,1-4H3,(H,9,11);6H,1H2,2-4H3,(H,9,10);1,5H2,2-4H3;4-5,10H,1-3H3;5H,4H2,1-3H3;4H,1-3H3,(H,8,9);4,10H,1-3H3;1-4H3,(H,6,7). The van der Waals surface area contributed by atoms with Crippen LogP contribution in [0.1, 0.15) is 281 Å². The van der Waals surface area contributed by atoms with Gasteiger partial charge in [0.1, 0.15) is 41.4 Å². The minimum Gasteiger partial charge on any atom is -0.502 e. The van der Waals surface area contributed by atoms with E-state index in [0.29, 0.717) is 34.2 Å². The molecule has 10 rings (SSSR count). The molecule has 9 heterocycles. The maximum atomic E-state index is 13.1. The first-order chi connectivity index (χ1) is 52.2. The molecule has 5 aromatic heterocycles. The highest BCUT2D eigenvalue weighted by Crippen LogP contribution is 2.50. The Morgan fingerprint density at radius 2 is 1.12 bits per heavy atom. The first-order valence-corrected chi connectivity index (χ1v) is 40.0. The van der Waals surface area contributed by atoms with E-state index in [9.17, 15) is 45.7 Å². The van der Waals surface area contributed by atoms with Crippen molar-refractivity contribution in [3.05, 3.63) is 162 Å². The molecule has 1 fully saturated rings. The molecule has 4 aliphatic heterocycles. The summed E-state index contributed by atoms with van der Waals surface area (Å²) in [7, 11) is -1.00. The van der Waals surface area contributed by atoms with E-state index in [4.69, 9.17) is 38.9 Å². The number of aromatic amines is 2. The fourth-order valence-corrected chi connectivity index (χ4v) is 8.82. The Balaban J connectivity index is 0.00000127. The first kappa shape index (κ1) is 108. The van der Waals surface area contributed by atoms with Crippen molar-refractivity contribution >= 4 is 42.5 Å². The predicted octanol–water partition coefficient (Wildman–Crippen LogP) is 19.1. The van der Waals surface area contributed by atoms with Crippen molar-refractivity contribution in [2.75, 3.05) is 13.2 Å². The number of hydrogen-bond acceptors (Lipinski definition) is 20. The number of aryl methyl sites for hydroxylation is 1. The van der Waals surface area contributed by atoms with Gasteiger partial charge in [-0.05, 0) is 47.2 Å². The number of amides is 1. The van der Waals surface area contributed by atoms with Gasteiger partial charge in [-0.3, -0.25) is 43.8 Å². The molecular formula is C84H136F5N14O13P. The first-order valence-electron chi connectivity index (χ1n) is 37.9. The molecule has 0 bridgehead atoms. The number of aliphatic imine (C=N–C) groups is 2. The van der Waals surface area contributed by atoms with Crippen molar-refractivity contribution in [2.45, 2.75) is 298 Å². The number of H-pyrrole nitrogens is 2. The smallest absolute Gasteiger partial charge is 0.451 e. The number of carbonyl (C=O) groups is 1. The number of nitrogens with one attached hydrogen (secondary N) is 3. The second-order valence-electron chi connectivity index (χ2n) is 39.5. The van der Waals surface area contributed by atoms with Crippen LogP contribution in [0.5, 0.6) is 5.75 Å². The van der Waals surface area contributed by atoms with Crippen molar-refractivity contribution in [1.29, 1.82) is 0 Å². The zero-order chi connectivity index (χ0) is 92.2. The third kappa shape index (κ3) is 38.8. The minimum atomic E-state index is -4.41. The number of aromatic nitrogens is 8. The van der Waals surface area contributed by atoms with Gasteiger partial charge in [-0.2, -0.15) is 33.3 Å². The van der Waals surface area contributed by atoms with Gasteiger partial charge >= 0.3 is 6.18 Å². The number of amidine groups is 1. The molecule has 0 saturated carbocycles. The van der Waals surface area contributed by atoms with Crippen LogP contribution < -0.4 is 21.9 Å². The lowest BCUT2D eigenvalue weighted by Crippen LogP contribution is -2.34. The van der Waals surface area contributed by atoms with Crippen LogP contribution in [-0.2, 0) is 58.5 Å². The number of rotatable bonds is 0. The van der Waals surface area contributed by atoms with Crippen LogP contribution in [0.25, 0.3) is 0 Å². The molecule has 1 saturated heterocycles. The molecule has 1 aromatic carbocycles.